The van der Waals surface area contributed by atoms with Gasteiger partial charge in [0.1, 0.15) is 11.3 Å². The number of halogens is 3. The number of benzene rings is 2. The minimum absolute atomic E-state index is 0.0728. The first kappa shape index (κ1) is 29.3. The number of carbonyl (C=O) groups is 1. The van der Waals surface area contributed by atoms with E-state index in [1.807, 2.05) is 30.9 Å². The molecule has 12 heteroatoms. The van der Waals surface area contributed by atoms with Crippen LogP contribution >= 0.6 is 0 Å². The molecule has 4 heterocycles. The predicted molar refractivity (Wildman–Crippen MR) is 160 cm³/mol. The molecule has 0 atom stereocenters. The third kappa shape index (κ3) is 6.56. The first-order valence-electron chi connectivity index (χ1n) is 14.1. The molecule has 1 amide bonds. The van der Waals surface area contributed by atoms with E-state index in [4.69, 9.17) is 4.74 Å². The van der Waals surface area contributed by atoms with E-state index in [0.29, 0.717) is 40.6 Å². The van der Waals surface area contributed by atoms with E-state index in [1.54, 1.807) is 48.8 Å². The zero-order chi connectivity index (χ0) is 30.8. The molecule has 0 saturated carbocycles. The van der Waals surface area contributed by atoms with Crippen LogP contribution in [0.1, 0.15) is 21.5 Å². The minimum atomic E-state index is -4.56. The third-order valence-corrected chi connectivity index (χ3v) is 7.52. The van der Waals surface area contributed by atoms with Crippen LogP contribution in [0.4, 0.5) is 18.9 Å². The fraction of sp³-hybridized carbons (Fsp3) is 0.250. The maximum atomic E-state index is 13.8. The molecule has 6 rings (SSSR count). The standard InChI is InChI=1S/C32H30F3N7O2/c1-40-12-14-42(15-13-40)20-21-16-24(32(33,34)35)19-25(17-21)37-30(43)23-4-3-5-26(18-23)44-31-28-27(8-11-41(28)2)38-29(39-31)22-6-9-36-10-7-22/h3-11,16-19H,12-15,20H2,1-2H3,(H,37,43). The van der Waals surface area contributed by atoms with Gasteiger partial charge in [-0.3, -0.25) is 14.7 Å². The number of carbonyl (C=O) groups excluding carboxylic acids is 1. The molecule has 1 aliphatic rings. The molecule has 1 N–H and O–H groups in total. The SMILES string of the molecule is CN1CCN(Cc2cc(NC(=O)c3cccc(Oc4nc(-c5ccncc5)nc5ccn(C)c45)c3)cc(C(F)(F)F)c2)CC1. The zero-order valence-electron chi connectivity index (χ0n) is 24.2. The normalized spacial score (nSPS) is 14.6. The first-order chi connectivity index (χ1) is 21.1. The summed E-state index contributed by atoms with van der Waals surface area (Å²) in [4.78, 5) is 30.9. The Bertz CT molecular complexity index is 1800. The highest BCUT2D eigenvalue weighted by molar-refractivity contribution is 6.04. The van der Waals surface area contributed by atoms with E-state index in [9.17, 15) is 18.0 Å². The summed E-state index contributed by atoms with van der Waals surface area (Å²) in [5.74, 6) is 0.508. The molecule has 0 unspecified atom stereocenters. The van der Waals surface area contributed by atoms with Crippen molar-refractivity contribution >= 4 is 22.6 Å². The summed E-state index contributed by atoms with van der Waals surface area (Å²) in [6, 6.07) is 15.6. The average Bonchev–Trinajstić information content (AvgIpc) is 3.39. The van der Waals surface area contributed by atoms with E-state index in [1.165, 1.54) is 6.07 Å². The minimum Gasteiger partial charge on any atom is -0.437 e. The van der Waals surface area contributed by atoms with Gasteiger partial charge >= 0.3 is 6.18 Å². The van der Waals surface area contributed by atoms with Gasteiger partial charge in [-0.05, 0) is 67.2 Å². The molecule has 3 aromatic heterocycles. The summed E-state index contributed by atoms with van der Waals surface area (Å²) < 4.78 is 49.4. The molecular weight excluding hydrogens is 571 g/mol. The lowest BCUT2D eigenvalue weighted by Crippen LogP contribution is -2.43. The zero-order valence-corrected chi connectivity index (χ0v) is 24.2. The number of alkyl halides is 3. The molecule has 44 heavy (non-hydrogen) atoms. The fourth-order valence-corrected chi connectivity index (χ4v) is 5.16. The van der Waals surface area contributed by atoms with E-state index in [2.05, 4.69) is 30.1 Å². The maximum absolute atomic E-state index is 13.8. The molecule has 1 saturated heterocycles. The summed E-state index contributed by atoms with van der Waals surface area (Å²) in [6.45, 7) is 3.56. The summed E-state index contributed by atoms with van der Waals surface area (Å²) in [6.07, 6.45) is 0.590. The van der Waals surface area contributed by atoms with Gasteiger partial charge in [-0.1, -0.05) is 6.07 Å². The number of likely N-dealkylation sites (N-methyl/N-ethyl adjacent to an activating group) is 1. The number of nitrogens with one attached hydrogen (secondary N) is 1. The Morgan fingerprint density at radius 2 is 1.73 bits per heavy atom. The van der Waals surface area contributed by atoms with E-state index in [0.717, 1.165) is 43.9 Å². The molecule has 9 nitrogen and oxygen atoms in total. The Hall–Kier alpha value is -4.81. The van der Waals surface area contributed by atoms with Crippen molar-refractivity contribution in [1.82, 2.24) is 29.3 Å². The second kappa shape index (κ2) is 12.1. The Morgan fingerprint density at radius 3 is 2.48 bits per heavy atom. The van der Waals surface area contributed by atoms with Gasteiger partial charge in [-0.25, -0.2) is 4.98 Å². The summed E-state index contributed by atoms with van der Waals surface area (Å²) in [5.41, 5.74) is 2.06. The van der Waals surface area contributed by atoms with Gasteiger partial charge in [-0.15, -0.1) is 0 Å². The Morgan fingerprint density at radius 1 is 0.955 bits per heavy atom. The smallest absolute Gasteiger partial charge is 0.416 e. The fourth-order valence-electron chi connectivity index (χ4n) is 5.16. The summed E-state index contributed by atoms with van der Waals surface area (Å²) in [7, 11) is 3.87. The number of pyridine rings is 1. The van der Waals surface area contributed by atoms with E-state index < -0.39 is 17.6 Å². The molecule has 0 bridgehead atoms. The van der Waals surface area contributed by atoms with Crippen LogP contribution in [-0.4, -0.2) is 68.5 Å². The third-order valence-electron chi connectivity index (χ3n) is 7.52. The lowest BCUT2D eigenvalue weighted by atomic mass is 10.1. The van der Waals surface area contributed by atoms with Crippen molar-refractivity contribution in [3.8, 4) is 23.0 Å². The summed E-state index contributed by atoms with van der Waals surface area (Å²) >= 11 is 0. The van der Waals surface area contributed by atoms with Crippen LogP contribution in [0.25, 0.3) is 22.4 Å². The quantitative estimate of drug-likeness (QED) is 0.251. The molecule has 2 aromatic carbocycles. The maximum Gasteiger partial charge on any atom is 0.416 e. The molecule has 226 valence electrons. The number of hydrogen-bond acceptors (Lipinski definition) is 7. The van der Waals surface area contributed by atoms with Crippen molar-refractivity contribution in [3.63, 3.8) is 0 Å². The van der Waals surface area contributed by atoms with Crippen LogP contribution in [-0.2, 0) is 19.8 Å². The Labute approximate surface area is 251 Å². The van der Waals surface area contributed by atoms with Gasteiger partial charge in [0.2, 0.25) is 5.88 Å². The molecule has 0 aliphatic carbocycles. The predicted octanol–water partition coefficient (Wildman–Crippen LogP) is 5.84. The van der Waals surface area contributed by atoms with Gasteiger partial charge in [-0.2, -0.15) is 18.2 Å². The van der Waals surface area contributed by atoms with E-state index >= 15 is 0 Å². The van der Waals surface area contributed by atoms with Crippen molar-refractivity contribution in [3.05, 3.63) is 95.9 Å². The lowest BCUT2D eigenvalue weighted by Gasteiger charge is -2.32. The molecule has 1 aliphatic heterocycles. The van der Waals surface area contributed by atoms with Crippen LogP contribution < -0.4 is 10.1 Å². The number of aryl methyl sites for hydroxylation is 1. The van der Waals surface area contributed by atoms with Crippen LogP contribution in [0, 0.1) is 0 Å². The summed E-state index contributed by atoms with van der Waals surface area (Å²) in [5, 5.41) is 2.65. The second-order valence-corrected chi connectivity index (χ2v) is 10.8. The molecular formula is C32H30F3N7O2. The van der Waals surface area contributed by atoms with Gasteiger partial charge in [0.15, 0.2) is 5.82 Å². The first-order valence-corrected chi connectivity index (χ1v) is 14.1. The Balaban J connectivity index is 1.25. The van der Waals surface area contributed by atoms with Crippen molar-refractivity contribution in [2.24, 2.45) is 7.05 Å². The van der Waals surface area contributed by atoms with Crippen molar-refractivity contribution in [2.45, 2.75) is 12.7 Å². The number of rotatable bonds is 7. The molecule has 1 fully saturated rings. The number of hydrogen-bond donors (Lipinski definition) is 1. The molecule has 0 spiro atoms. The van der Waals surface area contributed by atoms with Crippen LogP contribution in [0.5, 0.6) is 11.6 Å². The van der Waals surface area contributed by atoms with Gasteiger partial charge in [0.05, 0.1) is 11.1 Å². The van der Waals surface area contributed by atoms with Crippen molar-refractivity contribution in [2.75, 3.05) is 38.5 Å². The highest BCUT2D eigenvalue weighted by Gasteiger charge is 2.31. The highest BCUT2D eigenvalue weighted by atomic mass is 19.4. The van der Waals surface area contributed by atoms with E-state index in [-0.39, 0.29) is 11.3 Å². The van der Waals surface area contributed by atoms with Crippen molar-refractivity contribution < 1.29 is 22.7 Å². The number of anilines is 1. The molecule has 0 radical (unpaired) electrons. The largest absolute Gasteiger partial charge is 0.437 e. The average molecular weight is 602 g/mol. The van der Waals surface area contributed by atoms with Crippen LogP contribution in [0.3, 0.4) is 0 Å². The van der Waals surface area contributed by atoms with Gasteiger partial charge in [0.25, 0.3) is 5.91 Å². The van der Waals surface area contributed by atoms with Gasteiger partial charge < -0.3 is 19.5 Å². The molecule has 5 aromatic rings. The highest BCUT2D eigenvalue weighted by Crippen LogP contribution is 2.33. The van der Waals surface area contributed by atoms with Crippen LogP contribution in [0.2, 0.25) is 0 Å². The number of nitrogens with zero attached hydrogens (tertiary/aromatic N) is 6. The van der Waals surface area contributed by atoms with Gasteiger partial charge in [0, 0.05) is 75.2 Å². The number of aromatic nitrogens is 4. The topological polar surface area (TPSA) is 88.4 Å². The Kier molecular flexibility index (Phi) is 8.02. The van der Waals surface area contributed by atoms with Crippen LogP contribution in [0.15, 0.2) is 79.3 Å². The second-order valence-electron chi connectivity index (χ2n) is 10.8. The number of fused-ring (bicyclic) bond motifs is 1. The number of piperazine rings is 1. The number of amides is 1. The van der Waals surface area contributed by atoms with Crippen molar-refractivity contribution in [1.29, 1.82) is 0 Å². The lowest BCUT2D eigenvalue weighted by molar-refractivity contribution is -0.137. The number of ether oxygens (including phenoxy) is 1. The monoisotopic (exact) mass is 601 g/mol.